The van der Waals surface area contributed by atoms with Gasteiger partial charge in [0.25, 0.3) is 10.0 Å². The van der Waals surface area contributed by atoms with Crippen LogP contribution in [0.5, 0.6) is 0 Å². The minimum Gasteiger partial charge on any atom is -0.341 e. The number of nitrogens with zero attached hydrogens (tertiary/aromatic N) is 4. The van der Waals surface area contributed by atoms with Crippen LogP contribution in [0, 0.1) is 0 Å². The molecule has 1 amide bonds. The minimum atomic E-state index is -3.75. The zero-order valence-electron chi connectivity index (χ0n) is 17.1. The smallest absolute Gasteiger partial charge is 0.283 e. The third-order valence-corrected chi connectivity index (χ3v) is 7.84. The average Bonchev–Trinajstić information content (AvgIpc) is 3.53. The molecule has 1 unspecified atom stereocenters. The molecule has 3 heterocycles. The molecular formula is C23H24N4O3S. The third kappa shape index (κ3) is 3.72. The maximum Gasteiger partial charge on any atom is 0.283 e. The number of carbonyl (C=O) groups is 1. The molecule has 1 saturated heterocycles. The molecule has 2 aliphatic rings. The van der Waals surface area contributed by atoms with Gasteiger partial charge in [0.1, 0.15) is 6.54 Å². The number of aromatic nitrogens is 2. The summed E-state index contributed by atoms with van der Waals surface area (Å²) in [6, 6.07) is 17.7. The molecule has 3 aromatic rings. The number of sulfonamides is 1. The average molecular weight is 437 g/mol. The maximum atomic E-state index is 13.1. The molecule has 5 rings (SSSR count). The Labute approximate surface area is 182 Å². The molecule has 1 aromatic heterocycles. The van der Waals surface area contributed by atoms with E-state index in [4.69, 9.17) is 0 Å². The number of fused-ring (bicyclic) bond motifs is 1. The summed E-state index contributed by atoms with van der Waals surface area (Å²) >= 11 is 0. The maximum absolute atomic E-state index is 13.1. The Morgan fingerprint density at radius 1 is 1.03 bits per heavy atom. The number of likely N-dealkylation sites (tertiary alicyclic amines) is 1. The van der Waals surface area contributed by atoms with Crippen LogP contribution in [0.25, 0.3) is 0 Å². The lowest BCUT2D eigenvalue weighted by molar-refractivity contribution is -0.130. The molecule has 1 fully saturated rings. The van der Waals surface area contributed by atoms with Crippen molar-refractivity contribution in [3.63, 3.8) is 0 Å². The van der Waals surface area contributed by atoms with Crippen molar-refractivity contribution in [2.75, 3.05) is 23.9 Å². The summed E-state index contributed by atoms with van der Waals surface area (Å²) < 4.78 is 29.2. The number of amides is 1. The number of benzene rings is 2. The van der Waals surface area contributed by atoms with Crippen molar-refractivity contribution in [2.24, 2.45) is 0 Å². The van der Waals surface area contributed by atoms with Crippen LogP contribution < -0.4 is 4.31 Å². The number of anilines is 1. The third-order valence-electron chi connectivity index (χ3n) is 6.14. The van der Waals surface area contributed by atoms with Crippen LogP contribution in [0.2, 0.25) is 0 Å². The van der Waals surface area contributed by atoms with E-state index in [1.165, 1.54) is 22.4 Å². The molecule has 160 valence electrons. The summed E-state index contributed by atoms with van der Waals surface area (Å²) in [6.45, 7) is 1.89. The molecule has 7 nitrogen and oxygen atoms in total. The second-order valence-electron chi connectivity index (χ2n) is 8.08. The van der Waals surface area contributed by atoms with E-state index in [0.29, 0.717) is 37.7 Å². The molecule has 2 aromatic carbocycles. The Balaban J connectivity index is 1.27. The van der Waals surface area contributed by atoms with E-state index in [-0.39, 0.29) is 17.5 Å². The standard InChI is InChI=1S/C23H24N4O3S/c28-23(26-12-10-20(14-26)18-6-2-1-3-7-18)16-25-15-22(24-17-25)31(29,30)27-13-11-19-8-4-5-9-21(19)27/h1-9,15,17,20H,10-14,16H2. The topological polar surface area (TPSA) is 75.5 Å². The Bertz CT molecular complexity index is 1210. The zero-order chi connectivity index (χ0) is 21.4. The Kier molecular flexibility index (Phi) is 5.02. The zero-order valence-corrected chi connectivity index (χ0v) is 17.9. The first-order valence-corrected chi connectivity index (χ1v) is 11.9. The number of para-hydroxylation sites is 1. The highest BCUT2D eigenvalue weighted by Crippen LogP contribution is 2.32. The van der Waals surface area contributed by atoms with Crippen LogP contribution in [0.15, 0.2) is 72.1 Å². The lowest BCUT2D eigenvalue weighted by Gasteiger charge is -2.18. The first kappa shape index (κ1) is 19.8. The van der Waals surface area contributed by atoms with Gasteiger partial charge in [-0.3, -0.25) is 9.10 Å². The van der Waals surface area contributed by atoms with E-state index >= 15 is 0 Å². The van der Waals surface area contributed by atoms with Crippen LogP contribution in [0.4, 0.5) is 5.69 Å². The molecule has 0 saturated carbocycles. The number of hydrogen-bond donors (Lipinski definition) is 0. The van der Waals surface area contributed by atoms with Crippen LogP contribution in [-0.4, -0.2) is 48.4 Å². The number of rotatable bonds is 5. The normalized spacial score (nSPS) is 18.4. The molecule has 0 N–H and O–H groups in total. The molecule has 1 atom stereocenters. The van der Waals surface area contributed by atoms with Crippen molar-refractivity contribution < 1.29 is 13.2 Å². The number of hydrogen-bond acceptors (Lipinski definition) is 4. The second kappa shape index (κ2) is 7.85. The summed E-state index contributed by atoms with van der Waals surface area (Å²) in [5, 5.41) is -0.0272. The lowest BCUT2D eigenvalue weighted by Crippen LogP contribution is -2.31. The van der Waals surface area contributed by atoms with Crippen molar-refractivity contribution in [1.82, 2.24) is 14.5 Å². The van der Waals surface area contributed by atoms with Gasteiger partial charge in [0, 0.05) is 31.7 Å². The van der Waals surface area contributed by atoms with Gasteiger partial charge in [-0.1, -0.05) is 48.5 Å². The molecule has 31 heavy (non-hydrogen) atoms. The molecular weight excluding hydrogens is 412 g/mol. The molecule has 0 spiro atoms. The van der Waals surface area contributed by atoms with E-state index in [1.807, 2.05) is 47.4 Å². The van der Waals surface area contributed by atoms with Gasteiger partial charge >= 0.3 is 0 Å². The van der Waals surface area contributed by atoms with Crippen LogP contribution in [0.3, 0.4) is 0 Å². The highest BCUT2D eigenvalue weighted by atomic mass is 32.2. The van der Waals surface area contributed by atoms with Crippen molar-refractivity contribution in [3.05, 3.63) is 78.2 Å². The summed E-state index contributed by atoms with van der Waals surface area (Å²) in [5.41, 5.74) is 2.97. The van der Waals surface area contributed by atoms with Gasteiger partial charge in [0.15, 0.2) is 5.03 Å². The van der Waals surface area contributed by atoms with Crippen molar-refractivity contribution in [2.45, 2.75) is 30.3 Å². The van der Waals surface area contributed by atoms with Gasteiger partial charge in [-0.2, -0.15) is 8.42 Å². The van der Waals surface area contributed by atoms with Crippen molar-refractivity contribution in [1.29, 1.82) is 0 Å². The Hall–Kier alpha value is -3.13. The van der Waals surface area contributed by atoms with E-state index in [0.717, 1.165) is 12.0 Å². The highest BCUT2D eigenvalue weighted by Gasteiger charge is 2.33. The fraction of sp³-hybridized carbons (Fsp3) is 0.304. The van der Waals surface area contributed by atoms with E-state index in [2.05, 4.69) is 17.1 Å². The Morgan fingerprint density at radius 3 is 2.65 bits per heavy atom. The van der Waals surface area contributed by atoms with Crippen LogP contribution >= 0.6 is 0 Å². The molecule has 0 bridgehead atoms. The minimum absolute atomic E-state index is 0.0219. The van der Waals surface area contributed by atoms with Gasteiger partial charge in [-0.15, -0.1) is 0 Å². The monoisotopic (exact) mass is 436 g/mol. The first-order chi connectivity index (χ1) is 15.0. The van der Waals surface area contributed by atoms with Crippen molar-refractivity contribution >= 4 is 21.6 Å². The first-order valence-electron chi connectivity index (χ1n) is 10.5. The Morgan fingerprint density at radius 2 is 1.81 bits per heavy atom. The summed E-state index contributed by atoms with van der Waals surface area (Å²) in [5.74, 6) is 0.324. The van der Waals surface area contributed by atoms with Gasteiger partial charge in [0.2, 0.25) is 5.91 Å². The van der Waals surface area contributed by atoms with Gasteiger partial charge < -0.3 is 9.47 Å². The molecule has 2 aliphatic heterocycles. The number of imidazole rings is 1. The van der Waals surface area contributed by atoms with E-state index in [9.17, 15) is 13.2 Å². The summed E-state index contributed by atoms with van der Waals surface area (Å²) in [6.07, 6.45) is 4.51. The largest absolute Gasteiger partial charge is 0.341 e. The summed E-state index contributed by atoms with van der Waals surface area (Å²) in [7, 11) is -3.75. The van der Waals surface area contributed by atoms with Crippen LogP contribution in [0.1, 0.15) is 23.5 Å². The van der Waals surface area contributed by atoms with E-state index in [1.54, 1.807) is 4.57 Å². The van der Waals surface area contributed by atoms with Gasteiger partial charge in [-0.05, 0) is 30.0 Å². The van der Waals surface area contributed by atoms with Gasteiger partial charge in [0.05, 0.1) is 12.0 Å². The highest BCUT2D eigenvalue weighted by molar-refractivity contribution is 7.92. The fourth-order valence-corrected chi connectivity index (χ4v) is 5.91. The molecule has 0 aliphatic carbocycles. The molecule has 0 radical (unpaired) electrons. The van der Waals surface area contributed by atoms with Gasteiger partial charge in [-0.25, -0.2) is 4.98 Å². The predicted molar refractivity (Wildman–Crippen MR) is 117 cm³/mol. The van der Waals surface area contributed by atoms with E-state index < -0.39 is 10.0 Å². The SMILES string of the molecule is O=C(Cn1cnc(S(=O)(=O)N2CCc3ccccc32)c1)N1CCC(c2ccccc2)C1. The summed E-state index contributed by atoms with van der Waals surface area (Å²) in [4.78, 5) is 18.7. The second-order valence-corrected chi connectivity index (χ2v) is 9.89. The fourth-order valence-electron chi connectivity index (χ4n) is 4.47. The number of carbonyl (C=O) groups excluding carboxylic acids is 1. The molecule has 8 heteroatoms. The lowest BCUT2D eigenvalue weighted by atomic mass is 9.99. The quantitative estimate of drug-likeness (QED) is 0.616. The van der Waals surface area contributed by atoms with Crippen molar-refractivity contribution in [3.8, 4) is 0 Å². The van der Waals surface area contributed by atoms with Crippen LogP contribution in [-0.2, 0) is 27.8 Å². The predicted octanol–water partition coefficient (Wildman–Crippen LogP) is 2.65.